The molecule has 0 amide bonds. The number of nitrogens with zero attached hydrogens (tertiary/aromatic N) is 1. The first-order valence-electron chi connectivity index (χ1n) is 7.55. The Morgan fingerprint density at radius 1 is 1.33 bits per heavy atom. The summed E-state index contributed by atoms with van der Waals surface area (Å²) in [6.07, 6.45) is 2.58. The smallest absolute Gasteiger partial charge is 0.179 e. The number of halogens is 1. The Kier molecular flexibility index (Phi) is 6.15. The van der Waals surface area contributed by atoms with E-state index >= 15 is 0 Å². The molecule has 0 radical (unpaired) electrons. The zero-order valence-electron chi connectivity index (χ0n) is 13.1. The maximum absolute atomic E-state index is 6.39. The summed E-state index contributed by atoms with van der Waals surface area (Å²) in [5.41, 5.74) is 1.04. The van der Waals surface area contributed by atoms with Gasteiger partial charge in [-0.2, -0.15) is 0 Å². The van der Waals surface area contributed by atoms with Crippen molar-refractivity contribution in [2.75, 3.05) is 33.9 Å². The molecule has 118 valence electrons. The molecule has 1 N–H and O–H groups in total. The molecule has 1 saturated heterocycles. The summed E-state index contributed by atoms with van der Waals surface area (Å²) in [6.45, 7) is 6.32. The lowest BCUT2D eigenvalue weighted by Crippen LogP contribution is -2.37. The van der Waals surface area contributed by atoms with Crippen LogP contribution in [0.4, 0.5) is 0 Å². The Morgan fingerprint density at radius 2 is 2.14 bits per heavy atom. The molecule has 2 rings (SSSR count). The van der Waals surface area contributed by atoms with Crippen molar-refractivity contribution < 1.29 is 9.47 Å². The summed E-state index contributed by atoms with van der Waals surface area (Å²) in [5, 5.41) is 4.14. The summed E-state index contributed by atoms with van der Waals surface area (Å²) in [6, 6.07) is 4.53. The van der Waals surface area contributed by atoms with E-state index in [-0.39, 0.29) is 0 Å². The first-order valence-corrected chi connectivity index (χ1v) is 7.93. The van der Waals surface area contributed by atoms with Gasteiger partial charge in [0, 0.05) is 19.1 Å². The maximum Gasteiger partial charge on any atom is 0.179 e. The van der Waals surface area contributed by atoms with Crippen molar-refractivity contribution in [1.82, 2.24) is 10.2 Å². The Morgan fingerprint density at radius 3 is 2.81 bits per heavy atom. The van der Waals surface area contributed by atoms with Gasteiger partial charge in [0.05, 0.1) is 19.2 Å². The molecule has 1 unspecified atom stereocenters. The molecule has 21 heavy (non-hydrogen) atoms. The Balaban J connectivity index is 1.94. The predicted octanol–water partition coefficient (Wildman–Crippen LogP) is 2.93. The molecule has 1 aromatic rings. The van der Waals surface area contributed by atoms with Crippen LogP contribution in [-0.2, 0) is 6.54 Å². The largest absolute Gasteiger partial charge is 0.493 e. The van der Waals surface area contributed by atoms with Crippen LogP contribution >= 0.6 is 11.6 Å². The maximum atomic E-state index is 6.39. The number of likely N-dealkylation sites (tertiary alicyclic amines) is 1. The van der Waals surface area contributed by atoms with Crippen molar-refractivity contribution in [2.45, 2.75) is 32.4 Å². The molecule has 1 aromatic carbocycles. The van der Waals surface area contributed by atoms with Crippen molar-refractivity contribution in [3.63, 3.8) is 0 Å². The Bertz CT molecular complexity index is 468. The quantitative estimate of drug-likeness (QED) is 0.839. The van der Waals surface area contributed by atoms with Gasteiger partial charge in [0.2, 0.25) is 0 Å². The highest BCUT2D eigenvalue weighted by molar-refractivity contribution is 6.33. The van der Waals surface area contributed by atoms with E-state index in [0.29, 0.717) is 22.6 Å². The molecule has 0 saturated carbocycles. The molecule has 1 aliphatic rings. The highest BCUT2D eigenvalue weighted by atomic mass is 35.5. The van der Waals surface area contributed by atoms with Crippen LogP contribution in [0.5, 0.6) is 11.5 Å². The van der Waals surface area contributed by atoms with Gasteiger partial charge in [0.1, 0.15) is 0 Å². The third-order valence-corrected chi connectivity index (χ3v) is 4.58. The van der Waals surface area contributed by atoms with E-state index in [4.69, 9.17) is 21.1 Å². The van der Waals surface area contributed by atoms with Crippen LogP contribution in [0.15, 0.2) is 12.1 Å². The number of hydrogen-bond acceptors (Lipinski definition) is 4. The topological polar surface area (TPSA) is 33.7 Å². The molecule has 1 heterocycles. The highest BCUT2D eigenvalue weighted by Crippen LogP contribution is 2.37. The summed E-state index contributed by atoms with van der Waals surface area (Å²) < 4.78 is 10.6. The second kappa shape index (κ2) is 7.87. The standard InChI is InChI=1S/C16H25ClN2O2/c1-4-19-9-5-6-13(19)11-18-10-12-7-8-14(20-2)16(21-3)15(12)17/h7-8,13,18H,4-6,9-11H2,1-3H3. The van der Waals surface area contributed by atoms with Crippen LogP contribution in [-0.4, -0.2) is 44.8 Å². The summed E-state index contributed by atoms with van der Waals surface area (Å²) in [7, 11) is 3.23. The second-order valence-electron chi connectivity index (χ2n) is 5.33. The first-order chi connectivity index (χ1) is 10.2. The molecular formula is C16H25ClN2O2. The lowest BCUT2D eigenvalue weighted by atomic mass is 10.1. The lowest BCUT2D eigenvalue weighted by Gasteiger charge is -2.23. The van der Waals surface area contributed by atoms with Crippen LogP contribution in [0.2, 0.25) is 5.02 Å². The van der Waals surface area contributed by atoms with Crippen molar-refractivity contribution in [2.24, 2.45) is 0 Å². The highest BCUT2D eigenvalue weighted by Gasteiger charge is 2.22. The van der Waals surface area contributed by atoms with E-state index in [1.807, 2.05) is 12.1 Å². The van der Waals surface area contributed by atoms with Crippen molar-refractivity contribution in [1.29, 1.82) is 0 Å². The molecule has 5 heteroatoms. The SMILES string of the molecule is CCN1CCCC1CNCc1ccc(OC)c(OC)c1Cl. The van der Waals surface area contributed by atoms with Crippen LogP contribution < -0.4 is 14.8 Å². The van der Waals surface area contributed by atoms with Gasteiger partial charge in [-0.1, -0.05) is 24.6 Å². The average molecular weight is 313 g/mol. The molecule has 0 bridgehead atoms. The second-order valence-corrected chi connectivity index (χ2v) is 5.71. The molecule has 0 aromatic heterocycles. The normalized spacial score (nSPS) is 19.0. The fourth-order valence-electron chi connectivity index (χ4n) is 2.98. The lowest BCUT2D eigenvalue weighted by molar-refractivity contribution is 0.260. The number of likely N-dealkylation sites (N-methyl/N-ethyl adjacent to an activating group) is 1. The fraction of sp³-hybridized carbons (Fsp3) is 0.625. The molecule has 0 aliphatic carbocycles. The number of nitrogens with one attached hydrogen (secondary N) is 1. The van der Waals surface area contributed by atoms with Crippen molar-refractivity contribution in [3.8, 4) is 11.5 Å². The predicted molar refractivity (Wildman–Crippen MR) is 86.5 cm³/mol. The van der Waals surface area contributed by atoms with Crippen molar-refractivity contribution in [3.05, 3.63) is 22.7 Å². The number of hydrogen-bond donors (Lipinski definition) is 1. The van der Waals surface area contributed by atoms with Gasteiger partial charge >= 0.3 is 0 Å². The third-order valence-electron chi connectivity index (χ3n) is 4.17. The monoisotopic (exact) mass is 312 g/mol. The van der Waals surface area contributed by atoms with E-state index < -0.39 is 0 Å². The van der Waals surface area contributed by atoms with Crippen LogP contribution in [0.3, 0.4) is 0 Å². The van der Waals surface area contributed by atoms with Gasteiger partial charge in [-0.15, -0.1) is 0 Å². The van der Waals surface area contributed by atoms with E-state index in [2.05, 4.69) is 17.1 Å². The van der Waals surface area contributed by atoms with Gasteiger partial charge in [0.15, 0.2) is 11.5 Å². The van der Waals surface area contributed by atoms with E-state index in [0.717, 1.165) is 25.2 Å². The third kappa shape index (κ3) is 3.82. The minimum atomic E-state index is 0.606. The average Bonchev–Trinajstić information content (AvgIpc) is 2.96. The minimum Gasteiger partial charge on any atom is -0.493 e. The van der Waals surface area contributed by atoms with E-state index in [1.54, 1.807) is 14.2 Å². The van der Waals surface area contributed by atoms with Crippen LogP contribution in [0.1, 0.15) is 25.3 Å². The Hall–Kier alpha value is -0.970. The molecule has 0 spiro atoms. The van der Waals surface area contributed by atoms with Gasteiger partial charge < -0.3 is 14.8 Å². The molecular weight excluding hydrogens is 288 g/mol. The van der Waals surface area contributed by atoms with E-state index in [1.165, 1.54) is 19.4 Å². The number of ether oxygens (including phenoxy) is 2. The van der Waals surface area contributed by atoms with Crippen LogP contribution in [0.25, 0.3) is 0 Å². The molecule has 1 aliphatic heterocycles. The van der Waals surface area contributed by atoms with Crippen molar-refractivity contribution >= 4 is 11.6 Å². The van der Waals surface area contributed by atoms with Gasteiger partial charge in [-0.25, -0.2) is 0 Å². The first kappa shape index (κ1) is 16.4. The van der Waals surface area contributed by atoms with E-state index in [9.17, 15) is 0 Å². The molecule has 4 nitrogen and oxygen atoms in total. The van der Waals surface area contributed by atoms with Gasteiger partial charge in [-0.3, -0.25) is 4.90 Å². The molecule has 1 fully saturated rings. The summed E-state index contributed by atoms with van der Waals surface area (Å²) >= 11 is 6.39. The number of rotatable bonds is 7. The van der Waals surface area contributed by atoms with Crippen LogP contribution in [0, 0.1) is 0 Å². The van der Waals surface area contributed by atoms with Gasteiger partial charge in [0.25, 0.3) is 0 Å². The molecule has 1 atom stereocenters. The zero-order valence-corrected chi connectivity index (χ0v) is 13.9. The number of methoxy groups -OCH3 is 2. The Labute approximate surface area is 132 Å². The fourth-order valence-corrected chi connectivity index (χ4v) is 3.28. The van der Waals surface area contributed by atoms with Gasteiger partial charge in [-0.05, 0) is 37.6 Å². The summed E-state index contributed by atoms with van der Waals surface area (Å²) in [5.74, 6) is 1.27. The minimum absolute atomic E-state index is 0.606. The zero-order chi connectivity index (χ0) is 15.2. The summed E-state index contributed by atoms with van der Waals surface area (Å²) in [4.78, 5) is 2.53. The number of benzene rings is 1.